The minimum absolute atomic E-state index is 0.0577. The van der Waals surface area contributed by atoms with E-state index in [4.69, 9.17) is 4.74 Å². The largest absolute Gasteiger partial charge is 0.496 e. The summed E-state index contributed by atoms with van der Waals surface area (Å²) < 4.78 is 7.59. The molecule has 2 aromatic carbocycles. The number of thiazole rings is 1. The molecule has 0 saturated heterocycles. The van der Waals surface area contributed by atoms with Crippen molar-refractivity contribution in [3.8, 4) is 5.75 Å². The lowest BCUT2D eigenvalue weighted by Crippen LogP contribution is -2.39. The third-order valence-electron chi connectivity index (χ3n) is 6.51. The highest BCUT2D eigenvalue weighted by atomic mass is 79.9. The number of Topliss-reactive ketones (excluding diaryl/α,β-unsaturated/α-hetero) is 1. The molecule has 6 nitrogen and oxygen atoms in total. The minimum atomic E-state index is -0.533. The van der Waals surface area contributed by atoms with Gasteiger partial charge in [-0.1, -0.05) is 59.3 Å². The van der Waals surface area contributed by atoms with E-state index in [1.165, 1.54) is 11.3 Å². The molecule has 0 radical (unpaired) electrons. The van der Waals surface area contributed by atoms with Crippen molar-refractivity contribution in [2.75, 3.05) is 12.4 Å². The maximum Gasteiger partial charge on any atom is 0.256 e. The Hall–Kier alpha value is -2.97. The van der Waals surface area contributed by atoms with Gasteiger partial charge >= 0.3 is 0 Å². The van der Waals surface area contributed by atoms with Crippen molar-refractivity contribution in [1.82, 2.24) is 10.3 Å². The summed E-state index contributed by atoms with van der Waals surface area (Å²) in [6.45, 7) is 6.09. The van der Waals surface area contributed by atoms with Crippen LogP contribution in [0.4, 0.5) is 5.13 Å². The van der Waals surface area contributed by atoms with Gasteiger partial charge in [-0.05, 0) is 43.0 Å². The van der Waals surface area contributed by atoms with Gasteiger partial charge in [0.1, 0.15) is 5.75 Å². The lowest BCUT2D eigenvalue weighted by atomic mass is 9.68. The summed E-state index contributed by atoms with van der Waals surface area (Å²) in [5.74, 6) is -0.114. The predicted molar refractivity (Wildman–Crippen MR) is 143 cm³/mol. The zero-order valence-corrected chi connectivity index (χ0v) is 22.4. The fourth-order valence-corrected chi connectivity index (χ4v) is 6.48. The topological polar surface area (TPSA) is 80.3 Å². The number of allylic oxidation sites excluding steroid dienone is 3. The van der Waals surface area contributed by atoms with Crippen LogP contribution in [-0.2, 0) is 9.59 Å². The molecule has 2 aliphatic rings. The number of carbonyl (C=O) groups is 2. The van der Waals surface area contributed by atoms with E-state index in [1.807, 2.05) is 49.4 Å². The number of hydrogen-bond donors (Lipinski definition) is 2. The van der Waals surface area contributed by atoms with Crippen LogP contribution >= 0.6 is 27.3 Å². The molecule has 2 N–H and O–H groups in total. The number of amides is 1. The molecule has 1 atom stereocenters. The molecular weight excluding hydrogens is 526 g/mol. The summed E-state index contributed by atoms with van der Waals surface area (Å²) in [5, 5.41) is 6.91. The average molecular weight is 552 g/mol. The van der Waals surface area contributed by atoms with Crippen LogP contribution in [0.5, 0.6) is 5.75 Å². The van der Waals surface area contributed by atoms with Gasteiger partial charge in [0.15, 0.2) is 10.9 Å². The van der Waals surface area contributed by atoms with Crippen LogP contribution in [0.15, 0.2) is 69.5 Å². The fraction of sp³-hybridized carbons (Fsp3) is 0.296. The Morgan fingerprint density at radius 2 is 2.00 bits per heavy atom. The molecule has 2 heterocycles. The smallest absolute Gasteiger partial charge is 0.256 e. The van der Waals surface area contributed by atoms with Gasteiger partial charge in [0.25, 0.3) is 5.91 Å². The molecule has 0 fully saturated rings. The number of anilines is 1. The molecular formula is C27H26BrN3O3S. The Bertz CT molecular complexity index is 1440. The first kappa shape index (κ1) is 23.8. The molecule has 35 heavy (non-hydrogen) atoms. The van der Waals surface area contributed by atoms with Gasteiger partial charge in [0.2, 0.25) is 0 Å². The first-order valence-corrected chi connectivity index (χ1v) is 13.0. The highest BCUT2D eigenvalue weighted by Crippen LogP contribution is 2.48. The number of fused-ring (bicyclic) bond motifs is 1. The number of carbonyl (C=O) groups excluding carboxylic acids is 2. The van der Waals surface area contributed by atoms with Crippen molar-refractivity contribution in [3.63, 3.8) is 0 Å². The van der Waals surface area contributed by atoms with Gasteiger partial charge < -0.3 is 10.1 Å². The van der Waals surface area contributed by atoms with Crippen molar-refractivity contribution in [1.29, 1.82) is 0 Å². The second kappa shape index (κ2) is 8.91. The summed E-state index contributed by atoms with van der Waals surface area (Å²) in [6, 6.07) is 13.4. The lowest BCUT2D eigenvalue weighted by molar-refractivity contribution is -0.118. The molecule has 180 valence electrons. The monoisotopic (exact) mass is 551 g/mol. The lowest BCUT2D eigenvalue weighted by Gasteiger charge is -2.39. The molecule has 1 aliphatic heterocycles. The number of nitrogens with one attached hydrogen (secondary N) is 2. The molecule has 8 heteroatoms. The zero-order valence-electron chi connectivity index (χ0n) is 20.0. The quantitative estimate of drug-likeness (QED) is 0.397. The minimum Gasteiger partial charge on any atom is -0.496 e. The van der Waals surface area contributed by atoms with Crippen LogP contribution in [0, 0.1) is 5.41 Å². The van der Waals surface area contributed by atoms with E-state index in [2.05, 4.69) is 45.4 Å². The van der Waals surface area contributed by atoms with Gasteiger partial charge in [-0.15, -0.1) is 0 Å². The van der Waals surface area contributed by atoms with Crippen LogP contribution in [0.2, 0.25) is 0 Å². The number of halogens is 1. The Labute approximate surface area is 216 Å². The number of para-hydroxylation sites is 1. The first-order valence-electron chi connectivity index (χ1n) is 11.4. The predicted octanol–water partition coefficient (Wildman–Crippen LogP) is 6.31. The molecule has 0 bridgehead atoms. The first-order chi connectivity index (χ1) is 16.7. The highest BCUT2D eigenvalue weighted by Gasteiger charge is 2.43. The Kier molecular flexibility index (Phi) is 6.05. The Morgan fingerprint density at radius 3 is 2.77 bits per heavy atom. The summed E-state index contributed by atoms with van der Waals surface area (Å²) in [6.07, 6.45) is 1.17. The maximum atomic E-state index is 13.8. The van der Waals surface area contributed by atoms with Crippen LogP contribution < -0.4 is 15.4 Å². The van der Waals surface area contributed by atoms with Crippen molar-refractivity contribution in [2.45, 2.75) is 39.5 Å². The van der Waals surface area contributed by atoms with Gasteiger partial charge in [-0.2, -0.15) is 0 Å². The van der Waals surface area contributed by atoms with E-state index in [9.17, 15) is 9.59 Å². The van der Waals surface area contributed by atoms with Gasteiger partial charge in [-0.25, -0.2) is 4.98 Å². The van der Waals surface area contributed by atoms with Crippen LogP contribution in [0.1, 0.15) is 45.1 Å². The summed E-state index contributed by atoms with van der Waals surface area (Å²) in [5.41, 5.74) is 4.24. The number of nitrogens with zero attached hydrogens (tertiary/aromatic N) is 1. The number of rotatable bonds is 4. The van der Waals surface area contributed by atoms with Gasteiger partial charge in [0.05, 0.1) is 23.2 Å². The number of ketones is 1. The molecule has 1 aromatic heterocycles. The van der Waals surface area contributed by atoms with Crippen LogP contribution in [-0.4, -0.2) is 23.8 Å². The number of ether oxygens (including phenoxy) is 1. The van der Waals surface area contributed by atoms with E-state index in [0.29, 0.717) is 28.4 Å². The Morgan fingerprint density at radius 1 is 1.23 bits per heavy atom. The SMILES string of the molecule is COc1ccccc1C1C(C(=O)Nc2nc3ccc(Br)cc3s2)=C(C)NC2=C1C(=O)CC(C)(C)C2. The standard InChI is InChI=1S/C27H26BrN3O3S/c1-14-22(25(33)31-26-30-17-10-9-15(28)11-21(17)35-26)23(16-7-5-6-8-20(16)34-4)24-18(29-14)12-27(2,3)13-19(24)32/h5-11,23,29H,12-13H2,1-4H3,(H,30,31,33). The van der Waals surface area contributed by atoms with Crippen LogP contribution in [0.3, 0.4) is 0 Å². The van der Waals surface area contributed by atoms with E-state index >= 15 is 0 Å². The third kappa shape index (κ3) is 4.41. The summed E-state index contributed by atoms with van der Waals surface area (Å²) in [7, 11) is 1.61. The molecule has 0 saturated carbocycles. The van der Waals surface area contributed by atoms with Gasteiger partial charge in [0, 0.05) is 39.0 Å². The Balaban J connectivity index is 1.60. The third-order valence-corrected chi connectivity index (χ3v) is 7.93. The highest BCUT2D eigenvalue weighted by molar-refractivity contribution is 9.10. The normalized spacial score (nSPS) is 19.5. The second-order valence-corrected chi connectivity index (χ2v) is 11.7. The summed E-state index contributed by atoms with van der Waals surface area (Å²) >= 11 is 4.90. The zero-order chi connectivity index (χ0) is 24.9. The molecule has 0 spiro atoms. The van der Waals surface area contributed by atoms with E-state index in [-0.39, 0.29) is 17.1 Å². The van der Waals surface area contributed by atoms with E-state index < -0.39 is 5.92 Å². The maximum absolute atomic E-state index is 13.8. The van der Waals surface area contributed by atoms with E-state index in [0.717, 1.165) is 38.1 Å². The number of dihydropyridines is 1. The van der Waals surface area contributed by atoms with Gasteiger partial charge in [-0.3, -0.25) is 14.9 Å². The molecule has 1 unspecified atom stereocenters. The average Bonchev–Trinajstić information content (AvgIpc) is 3.18. The molecule has 5 rings (SSSR count). The number of benzene rings is 2. The van der Waals surface area contributed by atoms with Crippen molar-refractivity contribution < 1.29 is 14.3 Å². The number of hydrogen-bond acceptors (Lipinski definition) is 6. The van der Waals surface area contributed by atoms with Crippen molar-refractivity contribution in [2.24, 2.45) is 5.41 Å². The number of aromatic nitrogens is 1. The molecule has 3 aromatic rings. The number of methoxy groups -OCH3 is 1. The second-order valence-electron chi connectivity index (χ2n) is 9.76. The van der Waals surface area contributed by atoms with E-state index in [1.54, 1.807) is 7.11 Å². The fourth-order valence-electron chi connectivity index (χ4n) is 5.07. The van der Waals surface area contributed by atoms with Crippen molar-refractivity contribution >= 4 is 54.3 Å². The van der Waals surface area contributed by atoms with Crippen molar-refractivity contribution in [3.05, 3.63) is 75.0 Å². The van der Waals surface area contributed by atoms with Crippen LogP contribution in [0.25, 0.3) is 10.2 Å². The summed E-state index contributed by atoms with van der Waals surface area (Å²) in [4.78, 5) is 31.9. The molecule has 1 amide bonds. The molecule has 1 aliphatic carbocycles.